The quantitative estimate of drug-likeness (QED) is 0.0215. The fourth-order valence-electron chi connectivity index (χ4n) is 5.40. The van der Waals surface area contributed by atoms with Gasteiger partial charge in [0.2, 0.25) is 0 Å². The third kappa shape index (κ3) is 42.1. The van der Waals surface area contributed by atoms with Crippen molar-refractivity contribution < 1.29 is 42.9 Å². The second-order valence-corrected chi connectivity index (χ2v) is 15.6. The molecule has 0 aromatic carbocycles. The Hall–Kier alpha value is -3.79. The molecule has 0 spiro atoms. The number of hydrogen-bond donors (Lipinski definition) is 1. The van der Waals surface area contributed by atoms with E-state index in [1.807, 2.05) is 21.1 Å². The molecule has 1 N–H and O–H groups in total. The van der Waals surface area contributed by atoms with Gasteiger partial charge in [-0.15, -0.1) is 0 Å². The lowest BCUT2D eigenvalue weighted by molar-refractivity contribution is -0.870. The van der Waals surface area contributed by atoms with E-state index in [4.69, 9.17) is 18.9 Å². The van der Waals surface area contributed by atoms with Crippen LogP contribution >= 0.6 is 0 Å². The van der Waals surface area contributed by atoms with E-state index in [0.717, 1.165) is 103 Å². The monoisotopic (exact) mass is 825 g/mol. The van der Waals surface area contributed by atoms with Crippen molar-refractivity contribution >= 4 is 17.9 Å². The first-order valence-corrected chi connectivity index (χ1v) is 22.4. The summed E-state index contributed by atoms with van der Waals surface area (Å²) in [5, 5.41) is 9.64. The van der Waals surface area contributed by atoms with Gasteiger partial charge in [-0.25, -0.2) is 4.79 Å². The zero-order chi connectivity index (χ0) is 43.5. The number of carbonyl (C=O) groups excluding carboxylic acids is 2. The zero-order valence-corrected chi connectivity index (χ0v) is 37.6. The molecular weight excluding hydrogens is 743 g/mol. The number of ether oxygens (including phenoxy) is 4. The van der Waals surface area contributed by atoms with Crippen LogP contribution < -0.4 is 0 Å². The zero-order valence-electron chi connectivity index (χ0n) is 37.6. The molecule has 0 saturated heterocycles. The van der Waals surface area contributed by atoms with Crippen LogP contribution in [0.1, 0.15) is 142 Å². The number of aliphatic carboxylic acids is 1. The van der Waals surface area contributed by atoms with E-state index < -0.39 is 30.3 Å². The number of rotatable bonds is 39. The number of allylic oxidation sites excluding steroid dienone is 16. The van der Waals surface area contributed by atoms with Crippen LogP contribution in [0, 0.1) is 0 Å². The molecule has 9 heteroatoms. The second kappa shape index (κ2) is 41.0. The Kier molecular flexibility index (Phi) is 38.3. The molecule has 0 aliphatic rings. The van der Waals surface area contributed by atoms with Gasteiger partial charge in [0.05, 0.1) is 34.4 Å². The number of nitrogens with zero attached hydrogens (tertiary/aromatic N) is 1. The van der Waals surface area contributed by atoms with Crippen LogP contribution in [0.15, 0.2) is 97.2 Å². The number of esters is 2. The maximum atomic E-state index is 12.8. The third-order valence-electron chi connectivity index (χ3n) is 8.84. The van der Waals surface area contributed by atoms with Crippen molar-refractivity contribution in [3.8, 4) is 0 Å². The molecule has 0 rings (SSSR count). The standard InChI is InChI=1S/C50H81NO8/c1-6-8-10-12-14-16-18-20-22-23-24-25-27-29-31-33-35-37-39-41-48(53)59-46(45-58-50(49(54)55)56-43-42-51(3,4)5)44-57-47(52)40-38-36-34-32-30-28-26-21-19-17-15-13-11-9-7-2/h8-11,14-17,20-22,24-26,30,32,46,50H,6-7,12-13,18-19,23,27-29,31,33-45H2,1-5H3/p+1/b10-8-,11-9-,16-14-,17-15-,22-20-,25-24-,26-21-,32-30-. The van der Waals surface area contributed by atoms with Gasteiger partial charge in [0, 0.05) is 12.8 Å². The summed E-state index contributed by atoms with van der Waals surface area (Å²) in [6.07, 6.45) is 50.4. The fourth-order valence-corrected chi connectivity index (χ4v) is 5.40. The SMILES string of the molecule is CC/C=C\C/C=C\C/C=C\C/C=C\CCCCCCCCC(=O)OC(COC(=O)CCCC/C=C\C/C=C\C/C=C\C/C=C\CC)COC(OCC[N+](C)(C)C)C(=O)O. The predicted octanol–water partition coefficient (Wildman–Crippen LogP) is 11.9. The molecule has 0 saturated carbocycles. The normalized spacial score (nSPS) is 13.8. The van der Waals surface area contributed by atoms with Crippen LogP contribution in [-0.4, -0.2) is 87.4 Å². The number of hydrogen-bond acceptors (Lipinski definition) is 7. The van der Waals surface area contributed by atoms with E-state index in [1.165, 1.54) is 0 Å². The van der Waals surface area contributed by atoms with Crippen LogP contribution in [0.5, 0.6) is 0 Å². The van der Waals surface area contributed by atoms with E-state index in [2.05, 4.69) is 111 Å². The first-order chi connectivity index (χ1) is 28.6. The van der Waals surface area contributed by atoms with Crippen LogP contribution in [0.25, 0.3) is 0 Å². The molecule has 2 atom stereocenters. The highest BCUT2D eigenvalue weighted by Crippen LogP contribution is 2.12. The summed E-state index contributed by atoms with van der Waals surface area (Å²) in [5.41, 5.74) is 0. The van der Waals surface area contributed by atoms with E-state index >= 15 is 0 Å². The van der Waals surface area contributed by atoms with Gasteiger partial charge in [-0.3, -0.25) is 9.59 Å². The second-order valence-electron chi connectivity index (χ2n) is 15.6. The Morgan fingerprint density at radius 2 is 0.915 bits per heavy atom. The molecule has 0 fully saturated rings. The van der Waals surface area contributed by atoms with Gasteiger partial charge in [0.1, 0.15) is 13.2 Å². The van der Waals surface area contributed by atoms with Gasteiger partial charge in [0.15, 0.2) is 6.10 Å². The van der Waals surface area contributed by atoms with Crippen molar-refractivity contribution in [3.05, 3.63) is 97.2 Å². The Morgan fingerprint density at radius 1 is 0.508 bits per heavy atom. The van der Waals surface area contributed by atoms with Crippen LogP contribution in [0.3, 0.4) is 0 Å². The fraction of sp³-hybridized carbons (Fsp3) is 0.620. The Balaban J connectivity index is 4.55. The molecule has 0 bridgehead atoms. The first kappa shape index (κ1) is 55.2. The van der Waals surface area contributed by atoms with Crippen LogP contribution in [0.4, 0.5) is 0 Å². The van der Waals surface area contributed by atoms with E-state index in [9.17, 15) is 19.5 Å². The van der Waals surface area contributed by atoms with Gasteiger partial charge in [-0.1, -0.05) is 137 Å². The summed E-state index contributed by atoms with van der Waals surface area (Å²) in [5.74, 6) is -2.10. The highest BCUT2D eigenvalue weighted by Gasteiger charge is 2.25. The van der Waals surface area contributed by atoms with E-state index in [0.29, 0.717) is 23.9 Å². The summed E-state index contributed by atoms with van der Waals surface area (Å²) >= 11 is 0. The van der Waals surface area contributed by atoms with Gasteiger partial charge >= 0.3 is 17.9 Å². The molecule has 0 aliphatic heterocycles. The molecule has 0 aromatic rings. The largest absolute Gasteiger partial charge is 0.477 e. The van der Waals surface area contributed by atoms with Crippen molar-refractivity contribution in [2.75, 3.05) is 47.5 Å². The van der Waals surface area contributed by atoms with Gasteiger partial charge in [0.25, 0.3) is 6.29 Å². The van der Waals surface area contributed by atoms with Crippen molar-refractivity contribution in [2.45, 2.75) is 155 Å². The Morgan fingerprint density at radius 3 is 1.39 bits per heavy atom. The number of carboxylic acid groups (broad SMARTS) is 1. The number of carboxylic acids is 1. The topological polar surface area (TPSA) is 108 Å². The summed E-state index contributed by atoms with van der Waals surface area (Å²) in [6.45, 7) is 4.54. The maximum Gasteiger partial charge on any atom is 0.361 e. The Bertz CT molecular complexity index is 1280. The molecule has 334 valence electrons. The first-order valence-electron chi connectivity index (χ1n) is 22.4. The molecule has 0 aromatic heterocycles. The predicted molar refractivity (Wildman–Crippen MR) is 244 cm³/mol. The minimum atomic E-state index is -1.53. The minimum absolute atomic E-state index is 0.172. The summed E-state index contributed by atoms with van der Waals surface area (Å²) in [4.78, 5) is 37.1. The third-order valence-corrected chi connectivity index (χ3v) is 8.84. The van der Waals surface area contributed by atoms with Crippen molar-refractivity contribution in [1.29, 1.82) is 0 Å². The van der Waals surface area contributed by atoms with E-state index in [-0.39, 0.29) is 32.7 Å². The van der Waals surface area contributed by atoms with Crippen molar-refractivity contribution in [2.24, 2.45) is 0 Å². The number of carbonyl (C=O) groups is 3. The molecular formula is C50H82NO8+. The number of likely N-dealkylation sites (N-methyl/N-ethyl adjacent to an activating group) is 1. The average Bonchev–Trinajstić information content (AvgIpc) is 3.19. The number of quaternary nitrogens is 1. The number of unbranched alkanes of at least 4 members (excludes halogenated alkanes) is 8. The lowest BCUT2D eigenvalue weighted by Crippen LogP contribution is -2.40. The summed E-state index contributed by atoms with van der Waals surface area (Å²) < 4.78 is 22.7. The van der Waals surface area contributed by atoms with Crippen LogP contribution in [0.2, 0.25) is 0 Å². The smallest absolute Gasteiger partial charge is 0.361 e. The lowest BCUT2D eigenvalue weighted by atomic mass is 10.1. The van der Waals surface area contributed by atoms with Crippen molar-refractivity contribution in [1.82, 2.24) is 0 Å². The minimum Gasteiger partial charge on any atom is -0.477 e. The lowest BCUT2D eigenvalue weighted by Gasteiger charge is -2.25. The van der Waals surface area contributed by atoms with E-state index in [1.54, 1.807) is 0 Å². The average molecular weight is 825 g/mol. The van der Waals surface area contributed by atoms with Crippen LogP contribution in [-0.2, 0) is 33.3 Å². The molecule has 59 heavy (non-hydrogen) atoms. The molecule has 0 amide bonds. The van der Waals surface area contributed by atoms with Crippen molar-refractivity contribution in [3.63, 3.8) is 0 Å². The van der Waals surface area contributed by atoms with Gasteiger partial charge < -0.3 is 28.5 Å². The highest BCUT2D eigenvalue weighted by molar-refractivity contribution is 5.71. The summed E-state index contributed by atoms with van der Waals surface area (Å²) in [6, 6.07) is 0. The molecule has 2 unspecified atom stereocenters. The maximum absolute atomic E-state index is 12.8. The molecule has 0 radical (unpaired) electrons. The Labute approximate surface area is 359 Å². The highest BCUT2D eigenvalue weighted by atomic mass is 16.7. The molecule has 0 aliphatic carbocycles. The van der Waals surface area contributed by atoms with Gasteiger partial charge in [-0.05, 0) is 89.9 Å². The van der Waals surface area contributed by atoms with Gasteiger partial charge in [-0.2, -0.15) is 0 Å². The summed E-state index contributed by atoms with van der Waals surface area (Å²) in [7, 11) is 5.92. The molecule has 0 heterocycles. The molecule has 9 nitrogen and oxygen atoms in total.